The zero-order chi connectivity index (χ0) is 20.1. The molecule has 9 heteroatoms. The second-order valence-corrected chi connectivity index (χ2v) is 6.08. The highest BCUT2D eigenvalue weighted by Crippen LogP contribution is 2.28. The molecule has 142 valence electrons. The van der Waals surface area contributed by atoms with Crippen LogP contribution in [0.25, 0.3) is 5.70 Å². The Kier molecular flexibility index (Phi) is 5.71. The maximum Gasteiger partial charge on any atom is 0.289 e. The van der Waals surface area contributed by atoms with Crippen molar-refractivity contribution in [1.82, 2.24) is 9.55 Å². The van der Waals surface area contributed by atoms with Crippen LogP contribution in [0.1, 0.15) is 5.56 Å². The minimum Gasteiger partial charge on any atom is -0.483 e. The molecule has 1 aromatic heterocycles. The molecule has 28 heavy (non-hydrogen) atoms. The number of amides is 1. The maximum absolute atomic E-state index is 12.2. The first kappa shape index (κ1) is 19.1. The Bertz CT molecular complexity index is 1030. The number of hydrogen-bond donors (Lipinski definition) is 1. The molecule has 1 heterocycles. The fourth-order valence-electron chi connectivity index (χ4n) is 2.46. The van der Waals surface area contributed by atoms with E-state index in [2.05, 4.69) is 16.9 Å². The van der Waals surface area contributed by atoms with Gasteiger partial charge in [-0.1, -0.05) is 30.3 Å². The SMILES string of the molecule is C=C(c1ccccc1OCC(=O)Nc1ccc(Cl)c([N+](=O)[O-])c1)n1ccnc1. The molecule has 3 rings (SSSR count). The molecule has 0 atom stereocenters. The van der Waals surface area contributed by atoms with E-state index in [9.17, 15) is 14.9 Å². The first-order valence-corrected chi connectivity index (χ1v) is 8.46. The predicted octanol–water partition coefficient (Wildman–Crippen LogP) is 3.98. The monoisotopic (exact) mass is 398 g/mol. The first-order valence-electron chi connectivity index (χ1n) is 8.09. The summed E-state index contributed by atoms with van der Waals surface area (Å²) in [7, 11) is 0. The average molecular weight is 399 g/mol. The van der Waals surface area contributed by atoms with Crippen molar-refractivity contribution in [3.05, 3.63) is 88.5 Å². The second kappa shape index (κ2) is 8.36. The number of imidazole rings is 1. The van der Waals surface area contributed by atoms with Gasteiger partial charge in [-0.15, -0.1) is 0 Å². The smallest absolute Gasteiger partial charge is 0.289 e. The summed E-state index contributed by atoms with van der Waals surface area (Å²) < 4.78 is 7.36. The Balaban J connectivity index is 1.68. The summed E-state index contributed by atoms with van der Waals surface area (Å²) in [6, 6.07) is 11.2. The third-order valence-corrected chi connectivity index (χ3v) is 4.12. The first-order chi connectivity index (χ1) is 13.5. The number of nitro benzene ring substituents is 1. The maximum atomic E-state index is 12.2. The van der Waals surface area contributed by atoms with Crippen LogP contribution in [0.3, 0.4) is 0 Å². The van der Waals surface area contributed by atoms with E-state index in [0.717, 1.165) is 0 Å². The van der Waals surface area contributed by atoms with Crippen LogP contribution in [0.15, 0.2) is 67.8 Å². The number of carbonyl (C=O) groups is 1. The molecule has 0 unspecified atom stereocenters. The number of nitrogens with zero attached hydrogens (tertiary/aromatic N) is 3. The van der Waals surface area contributed by atoms with Crippen molar-refractivity contribution in [2.75, 3.05) is 11.9 Å². The minimum atomic E-state index is -0.619. The Morgan fingerprint density at radius 3 is 2.82 bits per heavy atom. The Labute approximate surface area is 165 Å². The van der Waals surface area contributed by atoms with Gasteiger partial charge in [0.1, 0.15) is 10.8 Å². The Hall–Kier alpha value is -3.65. The fraction of sp³-hybridized carbons (Fsp3) is 0.0526. The zero-order valence-corrected chi connectivity index (χ0v) is 15.3. The second-order valence-electron chi connectivity index (χ2n) is 5.67. The standard InChI is InChI=1S/C19H15ClN4O4/c1-13(23-9-8-21-12-23)15-4-2-3-5-18(15)28-11-19(25)22-14-6-7-16(20)17(10-14)24(26)27/h2-10,12H,1,11H2,(H,22,25). The lowest BCUT2D eigenvalue weighted by Crippen LogP contribution is -2.20. The number of benzene rings is 2. The van der Waals surface area contributed by atoms with Crippen molar-refractivity contribution in [2.24, 2.45) is 0 Å². The highest BCUT2D eigenvalue weighted by molar-refractivity contribution is 6.32. The molecule has 0 aliphatic rings. The van der Waals surface area contributed by atoms with E-state index in [1.807, 2.05) is 12.1 Å². The van der Waals surface area contributed by atoms with Crippen LogP contribution in [0.2, 0.25) is 5.02 Å². The molecule has 8 nitrogen and oxygen atoms in total. The van der Waals surface area contributed by atoms with Crippen molar-refractivity contribution < 1.29 is 14.5 Å². The summed E-state index contributed by atoms with van der Waals surface area (Å²) in [6.07, 6.45) is 4.99. The van der Waals surface area contributed by atoms with Crippen LogP contribution in [0, 0.1) is 10.1 Å². The number of nitro groups is 1. The summed E-state index contributed by atoms with van der Waals surface area (Å²) in [5, 5.41) is 13.5. The molecule has 1 amide bonds. The van der Waals surface area contributed by atoms with Crippen LogP contribution in [-0.2, 0) is 4.79 Å². The summed E-state index contributed by atoms with van der Waals surface area (Å²) in [5.41, 5.74) is 1.31. The number of carbonyl (C=O) groups excluding carboxylic acids is 1. The van der Waals surface area contributed by atoms with Gasteiger partial charge in [0.15, 0.2) is 6.61 Å². The topological polar surface area (TPSA) is 99.3 Å². The van der Waals surface area contributed by atoms with Crippen LogP contribution in [0.4, 0.5) is 11.4 Å². The summed E-state index contributed by atoms with van der Waals surface area (Å²) >= 11 is 5.76. The number of halogens is 1. The molecule has 0 aliphatic heterocycles. The van der Waals surface area contributed by atoms with E-state index < -0.39 is 10.8 Å². The third kappa shape index (κ3) is 4.36. The van der Waals surface area contributed by atoms with E-state index in [0.29, 0.717) is 17.0 Å². The van der Waals surface area contributed by atoms with Crippen molar-refractivity contribution in [3.63, 3.8) is 0 Å². The van der Waals surface area contributed by atoms with Crippen molar-refractivity contribution >= 4 is 34.6 Å². The van der Waals surface area contributed by atoms with Gasteiger partial charge < -0.3 is 14.6 Å². The van der Waals surface area contributed by atoms with E-state index in [1.165, 1.54) is 18.2 Å². The van der Waals surface area contributed by atoms with Gasteiger partial charge in [-0.05, 0) is 24.3 Å². The number of ether oxygens (including phenoxy) is 1. The quantitative estimate of drug-likeness (QED) is 0.479. The average Bonchev–Trinajstić information content (AvgIpc) is 3.22. The number of para-hydroxylation sites is 1. The molecular formula is C19H15ClN4O4. The molecule has 0 radical (unpaired) electrons. The summed E-state index contributed by atoms with van der Waals surface area (Å²) in [4.78, 5) is 26.5. The molecule has 0 fully saturated rings. The number of nitrogens with one attached hydrogen (secondary N) is 1. The largest absolute Gasteiger partial charge is 0.483 e. The normalized spacial score (nSPS) is 10.3. The van der Waals surface area contributed by atoms with Crippen molar-refractivity contribution in [2.45, 2.75) is 0 Å². The molecule has 0 aliphatic carbocycles. The number of hydrogen-bond acceptors (Lipinski definition) is 5. The number of rotatable bonds is 7. The van der Waals surface area contributed by atoms with E-state index in [1.54, 1.807) is 35.4 Å². The van der Waals surface area contributed by atoms with Crippen molar-refractivity contribution in [1.29, 1.82) is 0 Å². The van der Waals surface area contributed by atoms with E-state index in [-0.39, 0.29) is 23.0 Å². The molecule has 0 bridgehead atoms. The van der Waals surface area contributed by atoms with Gasteiger partial charge in [-0.3, -0.25) is 14.9 Å². The lowest BCUT2D eigenvalue weighted by molar-refractivity contribution is -0.384. The van der Waals surface area contributed by atoms with Gasteiger partial charge in [0.05, 0.1) is 16.9 Å². The van der Waals surface area contributed by atoms with E-state index >= 15 is 0 Å². The minimum absolute atomic E-state index is 0.00816. The highest BCUT2D eigenvalue weighted by atomic mass is 35.5. The van der Waals surface area contributed by atoms with Crippen LogP contribution >= 0.6 is 11.6 Å². The lowest BCUT2D eigenvalue weighted by Gasteiger charge is -2.14. The molecule has 2 aromatic carbocycles. The summed E-state index contributed by atoms with van der Waals surface area (Å²) in [5.74, 6) is -0.00176. The van der Waals surface area contributed by atoms with Crippen LogP contribution in [0.5, 0.6) is 5.75 Å². The highest BCUT2D eigenvalue weighted by Gasteiger charge is 2.15. The van der Waals surface area contributed by atoms with Crippen LogP contribution < -0.4 is 10.1 Å². The fourth-order valence-corrected chi connectivity index (χ4v) is 2.65. The number of aromatic nitrogens is 2. The van der Waals surface area contributed by atoms with Gasteiger partial charge in [-0.2, -0.15) is 0 Å². The third-order valence-electron chi connectivity index (χ3n) is 3.80. The predicted molar refractivity (Wildman–Crippen MR) is 105 cm³/mol. The molecule has 1 N–H and O–H groups in total. The molecule has 0 spiro atoms. The van der Waals surface area contributed by atoms with Gasteiger partial charge >= 0.3 is 0 Å². The van der Waals surface area contributed by atoms with Crippen molar-refractivity contribution in [3.8, 4) is 5.75 Å². The van der Waals surface area contributed by atoms with Gasteiger partial charge in [0.25, 0.3) is 11.6 Å². The molecule has 0 saturated heterocycles. The Morgan fingerprint density at radius 1 is 1.32 bits per heavy atom. The molecular weight excluding hydrogens is 384 g/mol. The zero-order valence-electron chi connectivity index (χ0n) is 14.5. The molecule has 3 aromatic rings. The number of anilines is 1. The van der Waals surface area contributed by atoms with Crippen LogP contribution in [-0.4, -0.2) is 27.0 Å². The van der Waals surface area contributed by atoms with E-state index in [4.69, 9.17) is 16.3 Å². The van der Waals surface area contributed by atoms with Gasteiger partial charge in [0, 0.05) is 29.7 Å². The van der Waals surface area contributed by atoms with Gasteiger partial charge in [0.2, 0.25) is 0 Å². The Morgan fingerprint density at radius 2 is 2.11 bits per heavy atom. The molecule has 0 saturated carbocycles. The van der Waals surface area contributed by atoms with Gasteiger partial charge in [-0.25, -0.2) is 4.98 Å². The lowest BCUT2D eigenvalue weighted by atomic mass is 10.1. The summed E-state index contributed by atoms with van der Waals surface area (Å²) in [6.45, 7) is 3.74.